The van der Waals surface area contributed by atoms with Crippen LogP contribution in [0.15, 0.2) is 36.7 Å². The molecule has 1 aromatic rings. The number of likely N-dealkylation sites (N-methyl/N-ethyl adjacent to an activating group) is 1. The van der Waals surface area contributed by atoms with Gasteiger partial charge in [-0.3, -0.25) is 0 Å². The zero-order valence-corrected chi connectivity index (χ0v) is 9.93. The Balaban J connectivity index is 2.07. The van der Waals surface area contributed by atoms with E-state index in [0.717, 1.165) is 11.4 Å². The molecule has 0 amide bonds. The SMILES string of the molecule is C=C1N(C)CC(O)CN1Cc1ccc(F)cc1. The average Bonchev–Trinajstić information content (AvgIpc) is 2.28. The Labute approximate surface area is 101 Å². The van der Waals surface area contributed by atoms with E-state index in [1.54, 1.807) is 12.1 Å². The normalized spacial score (nSPS) is 20.9. The van der Waals surface area contributed by atoms with E-state index in [2.05, 4.69) is 6.58 Å². The number of hydrogen-bond acceptors (Lipinski definition) is 3. The van der Waals surface area contributed by atoms with Crippen LogP contribution in [0.1, 0.15) is 5.56 Å². The van der Waals surface area contributed by atoms with Gasteiger partial charge in [0.05, 0.1) is 11.9 Å². The number of benzene rings is 1. The first-order chi connectivity index (χ1) is 8.06. The molecule has 1 heterocycles. The minimum Gasteiger partial charge on any atom is -0.389 e. The summed E-state index contributed by atoms with van der Waals surface area (Å²) in [5.41, 5.74) is 1.01. The predicted octanol–water partition coefficient (Wildman–Crippen LogP) is 1.41. The molecule has 4 heteroatoms. The number of hydrogen-bond donors (Lipinski definition) is 1. The van der Waals surface area contributed by atoms with Crippen LogP contribution in [0.4, 0.5) is 4.39 Å². The molecule has 1 atom stereocenters. The Hall–Kier alpha value is -1.55. The lowest BCUT2D eigenvalue weighted by Crippen LogP contribution is -2.47. The zero-order valence-electron chi connectivity index (χ0n) is 9.93. The van der Waals surface area contributed by atoms with Crippen molar-refractivity contribution in [3.05, 3.63) is 48.0 Å². The Kier molecular flexibility index (Phi) is 3.33. The highest BCUT2D eigenvalue weighted by Gasteiger charge is 2.23. The van der Waals surface area contributed by atoms with Crippen LogP contribution in [0, 0.1) is 5.82 Å². The maximum Gasteiger partial charge on any atom is 0.123 e. The third kappa shape index (κ3) is 2.77. The van der Waals surface area contributed by atoms with E-state index < -0.39 is 0 Å². The molecule has 0 aromatic heterocycles. The molecule has 1 aromatic carbocycles. The van der Waals surface area contributed by atoms with Crippen LogP contribution in [0.2, 0.25) is 0 Å². The van der Waals surface area contributed by atoms with E-state index >= 15 is 0 Å². The first kappa shape index (κ1) is 11.9. The summed E-state index contributed by atoms with van der Waals surface area (Å²) < 4.78 is 12.8. The Morgan fingerprint density at radius 2 is 2.00 bits per heavy atom. The van der Waals surface area contributed by atoms with Crippen LogP contribution < -0.4 is 0 Å². The van der Waals surface area contributed by atoms with Gasteiger partial charge < -0.3 is 14.9 Å². The fourth-order valence-corrected chi connectivity index (χ4v) is 2.05. The maximum atomic E-state index is 12.8. The molecular formula is C13H17FN2O. The Morgan fingerprint density at radius 3 is 2.65 bits per heavy atom. The third-order valence-electron chi connectivity index (χ3n) is 3.01. The highest BCUT2D eigenvalue weighted by atomic mass is 19.1. The van der Waals surface area contributed by atoms with E-state index in [1.165, 1.54) is 12.1 Å². The van der Waals surface area contributed by atoms with Gasteiger partial charge in [0.1, 0.15) is 5.82 Å². The van der Waals surface area contributed by atoms with Crippen LogP contribution in [-0.4, -0.2) is 41.1 Å². The number of β-amino-alcohol motifs (C(OH)–C–C–N with tert-alkyl or cyclic N) is 1. The largest absolute Gasteiger partial charge is 0.389 e. The first-order valence-corrected chi connectivity index (χ1v) is 5.64. The molecule has 1 unspecified atom stereocenters. The van der Waals surface area contributed by atoms with Crippen LogP contribution in [0.3, 0.4) is 0 Å². The van der Waals surface area contributed by atoms with Crippen molar-refractivity contribution in [2.75, 3.05) is 20.1 Å². The van der Waals surface area contributed by atoms with Crippen LogP contribution in [0.5, 0.6) is 0 Å². The van der Waals surface area contributed by atoms with Crippen molar-refractivity contribution >= 4 is 0 Å². The van der Waals surface area contributed by atoms with Gasteiger partial charge in [-0.05, 0) is 17.7 Å². The van der Waals surface area contributed by atoms with Gasteiger partial charge in [0, 0.05) is 26.7 Å². The highest BCUT2D eigenvalue weighted by molar-refractivity contribution is 5.17. The van der Waals surface area contributed by atoms with Gasteiger partial charge in [-0.25, -0.2) is 4.39 Å². The molecule has 1 N–H and O–H groups in total. The number of rotatable bonds is 2. The van der Waals surface area contributed by atoms with E-state index in [4.69, 9.17) is 0 Å². The van der Waals surface area contributed by atoms with Crippen LogP contribution >= 0.6 is 0 Å². The van der Waals surface area contributed by atoms with E-state index in [9.17, 15) is 9.50 Å². The fraction of sp³-hybridized carbons (Fsp3) is 0.385. The highest BCUT2D eigenvalue weighted by Crippen LogP contribution is 2.18. The van der Waals surface area contributed by atoms with Crippen molar-refractivity contribution in [2.24, 2.45) is 0 Å². The molecule has 0 bridgehead atoms. The second-order valence-electron chi connectivity index (χ2n) is 4.46. The molecular weight excluding hydrogens is 219 g/mol. The minimum absolute atomic E-state index is 0.233. The number of aliphatic hydroxyl groups excluding tert-OH is 1. The van der Waals surface area contributed by atoms with Crippen molar-refractivity contribution in [1.29, 1.82) is 0 Å². The summed E-state index contributed by atoms with van der Waals surface area (Å²) in [4.78, 5) is 3.93. The molecule has 1 aliphatic rings. The number of nitrogens with zero attached hydrogens (tertiary/aromatic N) is 2. The van der Waals surface area contributed by atoms with E-state index in [-0.39, 0.29) is 11.9 Å². The lowest BCUT2D eigenvalue weighted by molar-refractivity contribution is 0.0428. The van der Waals surface area contributed by atoms with Gasteiger partial charge in [0.15, 0.2) is 0 Å². The summed E-state index contributed by atoms with van der Waals surface area (Å²) in [6.07, 6.45) is -0.369. The molecule has 0 saturated carbocycles. The van der Waals surface area contributed by atoms with Crippen molar-refractivity contribution < 1.29 is 9.50 Å². The van der Waals surface area contributed by atoms with Crippen LogP contribution in [0.25, 0.3) is 0 Å². The predicted molar refractivity (Wildman–Crippen MR) is 64.6 cm³/mol. The molecule has 0 spiro atoms. The molecule has 1 fully saturated rings. The minimum atomic E-state index is -0.369. The number of halogens is 1. The van der Waals surface area contributed by atoms with Crippen molar-refractivity contribution in [1.82, 2.24) is 9.80 Å². The summed E-state index contributed by atoms with van der Waals surface area (Å²) in [5, 5.41) is 9.71. The van der Waals surface area contributed by atoms with Gasteiger partial charge in [-0.1, -0.05) is 18.7 Å². The summed E-state index contributed by atoms with van der Waals surface area (Å²) in [6.45, 7) is 5.81. The summed E-state index contributed by atoms with van der Waals surface area (Å²) in [7, 11) is 1.91. The third-order valence-corrected chi connectivity index (χ3v) is 3.01. The van der Waals surface area contributed by atoms with Gasteiger partial charge in [-0.15, -0.1) is 0 Å². The number of aliphatic hydroxyl groups is 1. The first-order valence-electron chi connectivity index (χ1n) is 5.64. The second-order valence-corrected chi connectivity index (χ2v) is 4.46. The average molecular weight is 236 g/mol. The molecule has 1 saturated heterocycles. The smallest absolute Gasteiger partial charge is 0.123 e. The van der Waals surface area contributed by atoms with E-state index in [1.807, 2.05) is 16.8 Å². The molecule has 17 heavy (non-hydrogen) atoms. The molecule has 92 valence electrons. The van der Waals surface area contributed by atoms with Crippen molar-refractivity contribution in [3.8, 4) is 0 Å². The lowest BCUT2D eigenvalue weighted by atomic mass is 10.1. The van der Waals surface area contributed by atoms with Crippen molar-refractivity contribution in [2.45, 2.75) is 12.6 Å². The van der Waals surface area contributed by atoms with E-state index in [0.29, 0.717) is 19.6 Å². The van der Waals surface area contributed by atoms with Gasteiger partial charge in [0.2, 0.25) is 0 Å². The Morgan fingerprint density at radius 1 is 1.35 bits per heavy atom. The quantitative estimate of drug-likeness (QED) is 0.841. The molecule has 0 aliphatic carbocycles. The molecule has 1 aliphatic heterocycles. The molecule has 2 rings (SSSR count). The topological polar surface area (TPSA) is 26.7 Å². The summed E-state index contributed by atoms with van der Waals surface area (Å²) >= 11 is 0. The molecule has 0 radical (unpaired) electrons. The lowest BCUT2D eigenvalue weighted by Gasteiger charge is -2.40. The molecule has 3 nitrogen and oxygen atoms in total. The van der Waals surface area contributed by atoms with Gasteiger partial charge in [0.25, 0.3) is 0 Å². The van der Waals surface area contributed by atoms with Crippen LogP contribution in [-0.2, 0) is 6.54 Å². The second kappa shape index (κ2) is 4.75. The van der Waals surface area contributed by atoms with Gasteiger partial charge >= 0.3 is 0 Å². The maximum absolute atomic E-state index is 12.8. The Bertz CT molecular complexity index is 404. The standard InChI is InChI=1S/C13H17FN2O/c1-10-15(2)8-13(17)9-16(10)7-11-3-5-12(14)6-4-11/h3-6,13,17H,1,7-9H2,2H3. The zero-order chi connectivity index (χ0) is 12.4. The monoisotopic (exact) mass is 236 g/mol. The fourth-order valence-electron chi connectivity index (χ4n) is 2.05. The summed E-state index contributed by atoms with van der Waals surface area (Å²) in [5.74, 6) is 0.656. The van der Waals surface area contributed by atoms with Gasteiger partial charge in [-0.2, -0.15) is 0 Å². The van der Waals surface area contributed by atoms with Crippen molar-refractivity contribution in [3.63, 3.8) is 0 Å². The summed E-state index contributed by atoms with van der Waals surface area (Å²) in [6, 6.07) is 6.40.